The molecule has 19 heavy (non-hydrogen) atoms. The van der Waals surface area contributed by atoms with Crippen molar-refractivity contribution in [3.63, 3.8) is 0 Å². The number of hydrogen-bond acceptors (Lipinski definition) is 3. The van der Waals surface area contributed by atoms with Crippen LogP contribution in [0.3, 0.4) is 0 Å². The molecule has 0 fully saturated rings. The first-order valence-corrected chi connectivity index (χ1v) is 6.26. The lowest BCUT2D eigenvalue weighted by Crippen LogP contribution is -2.30. The largest absolute Gasteiger partial charge is 0.396 e. The fourth-order valence-electron chi connectivity index (χ4n) is 1.80. The first-order chi connectivity index (χ1) is 9.06. The highest BCUT2D eigenvalue weighted by Crippen LogP contribution is 2.21. The maximum Gasteiger partial charge on any atom is 0.242 e. The van der Waals surface area contributed by atoms with Gasteiger partial charge in [-0.2, -0.15) is 5.10 Å². The van der Waals surface area contributed by atoms with E-state index in [1.165, 1.54) is 10.9 Å². The van der Waals surface area contributed by atoms with Gasteiger partial charge in [0.1, 0.15) is 6.54 Å². The van der Waals surface area contributed by atoms with E-state index in [-0.39, 0.29) is 18.5 Å². The van der Waals surface area contributed by atoms with E-state index < -0.39 is 0 Å². The van der Waals surface area contributed by atoms with Gasteiger partial charge in [-0.05, 0) is 18.6 Å². The van der Waals surface area contributed by atoms with Gasteiger partial charge in [-0.25, -0.2) is 0 Å². The van der Waals surface area contributed by atoms with Crippen molar-refractivity contribution in [3.05, 3.63) is 47.2 Å². The van der Waals surface area contributed by atoms with E-state index in [2.05, 4.69) is 10.4 Å². The molecular weight excluding hydrogens is 264 g/mol. The van der Waals surface area contributed by atoms with Crippen molar-refractivity contribution in [2.75, 3.05) is 5.73 Å². The maximum atomic E-state index is 11.9. The first-order valence-electron chi connectivity index (χ1n) is 5.88. The van der Waals surface area contributed by atoms with Gasteiger partial charge in [0, 0.05) is 11.2 Å². The molecule has 0 spiro atoms. The Kier molecular flexibility index (Phi) is 4.06. The third kappa shape index (κ3) is 3.48. The molecule has 2 aromatic rings. The highest BCUT2D eigenvalue weighted by molar-refractivity contribution is 6.31. The molecule has 0 bridgehead atoms. The average molecular weight is 279 g/mol. The Morgan fingerprint density at radius 1 is 1.53 bits per heavy atom. The van der Waals surface area contributed by atoms with Crippen LogP contribution >= 0.6 is 11.6 Å². The minimum atomic E-state index is -0.158. The molecule has 1 atom stereocenters. The number of carbonyl (C=O) groups is 1. The molecule has 0 radical (unpaired) electrons. The summed E-state index contributed by atoms with van der Waals surface area (Å²) in [4.78, 5) is 11.9. The second-order valence-corrected chi connectivity index (χ2v) is 4.69. The van der Waals surface area contributed by atoms with Gasteiger partial charge in [-0.3, -0.25) is 9.48 Å². The Morgan fingerprint density at radius 3 is 2.89 bits per heavy atom. The van der Waals surface area contributed by atoms with Gasteiger partial charge in [0.05, 0.1) is 17.9 Å². The lowest BCUT2D eigenvalue weighted by molar-refractivity contribution is -0.122. The fraction of sp³-hybridized carbons (Fsp3) is 0.231. The summed E-state index contributed by atoms with van der Waals surface area (Å²) in [6.45, 7) is 2.02. The zero-order valence-corrected chi connectivity index (χ0v) is 11.3. The maximum absolute atomic E-state index is 11.9. The number of halogens is 1. The summed E-state index contributed by atoms with van der Waals surface area (Å²) in [5.74, 6) is -0.143. The van der Waals surface area contributed by atoms with Crippen molar-refractivity contribution >= 4 is 23.2 Å². The van der Waals surface area contributed by atoms with Gasteiger partial charge < -0.3 is 11.1 Å². The van der Waals surface area contributed by atoms with Gasteiger partial charge in [0.2, 0.25) is 5.91 Å². The van der Waals surface area contributed by atoms with Gasteiger partial charge in [0.15, 0.2) is 0 Å². The van der Waals surface area contributed by atoms with Gasteiger partial charge in [-0.1, -0.05) is 29.8 Å². The first kappa shape index (κ1) is 13.4. The normalized spacial score (nSPS) is 12.1. The quantitative estimate of drug-likeness (QED) is 0.898. The fourth-order valence-corrected chi connectivity index (χ4v) is 2.10. The number of anilines is 1. The van der Waals surface area contributed by atoms with Crippen molar-refractivity contribution in [2.45, 2.75) is 19.5 Å². The second kappa shape index (κ2) is 5.75. The van der Waals surface area contributed by atoms with Crippen molar-refractivity contribution in [2.24, 2.45) is 0 Å². The Morgan fingerprint density at radius 2 is 2.26 bits per heavy atom. The van der Waals surface area contributed by atoms with Crippen LogP contribution in [0.15, 0.2) is 36.7 Å². The molecule has 2 rings (SSSR count). The number of aromatic nitrogens is 2. The number of benzene rings is 1. The predicted molar refractivity (Wildman–Crippen MR) is 74.6 cm³/mol. The molecule has 1 aromatic heterocycles. The minimum Gasteiger partial charge on any atom is -0.396 e. The van der Waals surface area contributed by atoms with Gasteiger partial charge in [0.25, 0.3) is 0 Å². The predicted octanol–water partition coefficient (Wildman–Crippen LogP) is 2.00. The molecule has 1 unspecified atom stereocenters. The van der Waals surface area contributed by atoms with Crippen LogP contribution in [0.4, 0.5) is 5.69 Å². The van der Waals surface area contributed by atoms with Crippen molar-refractivity contribution in [1.82, 2.24) is 15.1 Å². The van der Waals surface area contributed by atoms with Crippen LogP contribution in [0.2, 0.25) is 5.02 Å². The summed E-state index contributed by atoms with van der Waals surface area (Å²) in [5.41, 5.74) is 6.95. The molecule has 100 valence electrons. The van der Waals surface area contributed by atoms with Crippen LogP contribution in [0.5, 0.6) is 0 Å². The van der Waals surface area contributed by atoms with Crippen molar-refractivity contribution in [1.29, 1.82) is 0 Å². The molecule has 1 heterocycles. The number of nitrogens with one attached hydrogen (secondary N) is 1. The molecule has 0 aliphatic heterocycles. The lowest BCUT2D eigenvalue weighted by atomic mass is 10.1. The Hall–Kier alpha value is -2.01. The van der Waals surface area contributed by atoms with Crippen LogP contribution in [0, 0.1) is 0 Å². The Balaban J connectivity index is 1.97. The molecular formula is C13H15ClN4O. The summed E-state index contributed by atoms with van der Waals surface area (Å²) in [5, 5.41) is 7.47. The summed E-state index contributed by atoms with van der Waals surface area (Å²) >= 11 is 6.08. The number of nitrogens with two attached hydrogens (primary N) is 1. The minimum absolute atomic E-state index is 0.131. The van der Waals surface area contributed by atoms with Crippen LogP contribution in [-0.4, -0.2) is 15.7 Å². The number of nitrogen functional groups attached to an aromatic ring is 1. The van der Waals surface area contributed by atoms with E-state index in [9.17, 15) is 4.79 Å². The molecule has 1 amide bonds. The average Bonchev–Trinajstić information content (AvgIpc) is 2.74. The zero-order chi connectivity index (χ0) is 13.8. The summed E-state index contributed by atoms with van der Waals surface area (Å²) in [6.07, 6.45) is 3.12. The smallest absolute Gasteiger partial charge is 0.242 e. The number of hydrogen-bond donors (Lipinski definition) is 2. The van der Waals surface area contributed by atoms with E-state index in [4.69, 9.17) is 17.3 Å². The Labute approximate surface area is 116 Å². The van der Waals surface area contributed by atoms with E-state index >= 15 is 0 Å². The third-order valence-corrected chi connectivity index (χ3v) is 3.05. The van der Waals surface area contributed by atoms with Crippen LogP contribution in [0.1, 0.15) is 18.5 Å². The van der Waals surface area contributed by atoms with E-state index in [1.807, 2.05) is 25.1 Å². The molecule has 6 heteroatoms. The molecule has 0 saturated heterocycles. The monoisotopic (exact) mass is 278 g/mol. The van der Waals surface area contributed by atoms with Crippen LogP contribution in [-0.2, 0) is 11.3 Å². The highest BCUT2D eigenvalue weighted by atomic mass is 35.5. The summed E-state index contributed by atoms with van der Waals surface area (Å²) < 4.78 is 1.49. The molecule has 5 nitrogen and oxygen atoms in total. The highest BCUT2D eigenvalue weighted by Gasteiger charge is 2.12. The zero-order valence-electron chi connectivity index (χ0n) is 10.5. The molecule has 3 N–H and O–H groups in total. The molecule has 0 aliphatic rings. The van der Waals surface area contributed by atoms with Gasteiger partial charge >= 0.3 is 0 Å². The number of carbonyl (C=O) groups excluding carboxylic acids is 1. The third-order valence-electron chi connectivity index (χ3n) is 2.71. The Bertz CT molecular complexity index is 582. The van der Waals surface area contributed by atoms with Crippen molar-refractivity contribution < 1.29 is 4.79 Å². The van der Waals surface area contributed by atoms with E-state index in [0.717, 1.165) is 5.56 Å². The number of amides is 1. The number of nitrogens with zero attached hydrogens (tertiary/aromatic N) is 2. The molecule has 1 aromatic carbocycles. The van der Waals surface area contributed by atoms with Crippen LogP contribution < -0.4 is 11.1 Å². The van der Waals surface area contributed by atoms with E-state index in [1.54, 1.807) is 12.3 Å². The second-order valence-electron chi connectivity index (χ2n) is 4.28. The van der Waals surface area contributed by atoms with Gasteiger partial charge in [-0.15, -0.1) is 0 Å². The SMILES string of the molecule is CC(NC(=O)Cn1cc(N)cn1)c1ccccc1Cl. The van der Waals surface area contributed by atoms with E-state index in [0.29, 0.717) is 10.7 Å². The summed E-state index contributed by atoms with van der Waals surface area (Å²) in [6, 6.07) is 7.27. The van der Waals surface area contributed by atoms with Crippen molar-refractivity contribution in [3.8, 4) is 0 Å². The lowest BCUT2D eigenvalue weighted by Gasteiger charge is -2.15. The standard InChI is InChI=1S/C13H15ClN4O/c1-9(11-4-2-3-5-12(11)14)17-13(19)8-18-7-10(15)6-16-18/h2-7,9H,8,15H2,1H3,(H,17,19). The topological polar surface area (TPSA) is 72.9 Å². The number of rotatable bonds is 4. The molecule has 0 saturated carbocycles. The van der Waals surface area contributed by atoms with Crippen LogP contribution in [0.25, 0.3) is 0 Å². The summed E-state index contributed by atoms with van der Waals surface area (Å²) in [7, 11) is 0. The molecule has 0 aliphatic carbocycles.